The van der Waals surface area contributed by atoms with Crippen molar-refractivity contribution in [2.45, 2.75) is 19.6 Å². The van der Waals surface area contributed by atoms with Gasteiger partial charge in [-0.3, -0.25) is 0 Å². The lowest BCUT2D eigenvalue weighted by molar-refractivity contribution is 0.164. The zero-order valence-corrected chi connectivity index (χ0v) is 8.29. The van der Waals surface area contributed by atoms with E-state index in [1.54, 1.807) is 0 Å². The fourth-order valence-electron chi connectivity index (χ4n) is 1.75. The highest BCUT2D eigenvalue weighted by Gasteiger charge is 2.17. The minimum absolute atomic E-state index is 0.404. The van der Waals surface area contributed by atoms with Crippen LogP contribution in [0, 0.1) is 0 Å². The molecule has 3 nitrogen and oxygen atoms in total. The third-order valence-corrected chi connectivity index (χ3v) is 2.44. The van der Waals surface area contributed by atoms with Gasteiger partial charge >= 0.3 is 0 Å². The summed E-state index contributed by atoms with van der Waals surface area (Å²) >= 11 is 0. The lowest BCUT2D eigenvalue weighted by atomic mass is 9.98. The first-order chi connectivity index (χ1) is 6.81. The van der Waals surface area contributed by atoms with E-state index in [1.807, 2.05) is 25.1 Å². The maximum absolute atomic E-state index is 9.74. The molecule has 1 aromatic rings. The normalized spacial score (nSPS) is 20.3. The second kappa shape index (κ2) is 3.98. The zero-order chi connectivity index (χ0) is 9.97. The molecular formula is C11H15NO2. The molecule has 1 aromatic carbocycles. The molecule has 0 fully saturated rings. The monoisotopic (exact) mass is 193 g/mol. The predicted molar refractivity (Wildman–Crippen MR) is 54.3 cm³/mol. The summed E-state index contributed by atoms with van der Waals surface area (Å²) in [5.41, 5.74) is 2.15. The van der Waals surface area contributed by atoms with E-state index < -0.39 is 6.10 Å². The van der Waals surface area contributed by atoms with Crippen molar-refractivity contribution in [3.8, 4) is 5.75 Å². The van der Waals surface area contributed by atoms with Crippen molar-refractivity contribution in [2.24, 2.45) is 0 Å². The summed E-state index contributed by atoms with van der Waals surface area (Å²) in [7, 11) is 0. The molecule has 0 bridgehead atoms. The summed E-state index contributed by atoms with van der Waals surface area (Å²) < 4.78 is 5.39. The van der Waals surface area contributed by atoms with Crippen LogP contribution < -0.4 is 10.1 Å². The number of hydrogen-bond donors (Lipinski definition) is 2. The molecule has 76 valence electrons. The van der Waals surface area contributed by atoms with Gasteiger partial charge < -0.3 is 15.2 Å². The van der Waals surface area contributed by atoms with E-state index in [1.165, 1.54) is 0 Å². The van der Waals surface area contributed by atoms with Gasteiger partial charge in [0.2, 0.25) is 0 Å². The smallest absolute Gasteiger partial charge is 0.119 e. The highest BCUT2D eigenvalue weighted by molar-refractivity contribution is 5.38. The van der Waals surface area contributed by atoms with Gasteiger partial charge in [-0.2, -0.15) is 0 Å². The van der Waals surface area contributed by atoms with E-state index >= 15 is 0 Å². The van der Waals surface area contributed by atoms with Crippen LogP contribution >= 0.6 is 0 Å². The lowest BCUT2D eigenvalue weighted by Crippen LogP contribution is -2.27. The number of ether oxygens (including phenoxy) is 1. The molecule has 1 aliphatic rings. The second-order valence-electron chi connectivity index (χ2n) is 3.44. The van der Waals surface area contributed by atoms with Gasteiger partial charge in [-0.25, -0.2) is 0 Å². The third kappa shape index (κ3) is 1.74. The first-order valence-corrected chi connectivity index (χ1v) is 4.95. The van der Waals surface area contributed by atoms with Crippen LogP contribution in [-0.2, 0) is 6.54 Å². The summed E-state index contributed by atoms with van der Waals surface area (Å²) in [5, 5.41) is 12.9. The number of β-amino-alcohol motifs (C(OH)–C–C–N with tert-alkyl or cyclic N) is 1. The Morgan fingerprint density at radius 1 is 1.57 bits per heavy atom. The second-order valence-corrected chi connectivity index (χ2v) is 3.44. The van der Waals surface area contributed by atoms with Gasteiger partial charge in [-0.05, 0) is 30.2 Å². The molecule has 0 aliphatic carbocycles. The molecule has 2 rings (SSSR count). The minimum Gasteiger partial charge on any atom is -0.494 e. The fourth-order valence-corrected chi connectivity index (χ4v) is 1.75. The Labute approximate surface area is 83.7 Å². The Kier molecular flexibility index (Phi) is 2.70. The van der Waals surface area contributed by atoms with E-state index in [0.29, 0.717) is 13.2 Å². The Morgan fingerprint density at radius 2 is 2.43 bits per heavy atom. The first-order valence-electron chi connectivity index (χ1n) is 4.95. The molecule has 0 saturated carbocycles. The van der Waals surface area contributed by atoms with E-state index in [0.717, 1.165) is 23.4 Å². The molecule has 1 atom stereocenters. The standard InChI is InChI=1S/C11H15NO2/c1-2-14-9-4-3-8-6-12-7-11(13)10(8)5-9/h3-5,11-13H,2,6-7H2,1H3. The molecule has 3 heteroatoms. The van der Waals surface area contributed by atoms with Crippen LogP contribution in [0.2, 0.25) is 0 Å². The third-order valence-electron chi connectivity index (χ3n) is 2.44. The van der Waals surface area contributed by atoms with Gasteiger partial charge in [-0.15, -0.1) is 0 Å². The molecule has 1 aliphatic heterocycles. The van der Waals surface area contributed by atoms with Gasteiger partial charge in [0.25, 0.3) is 0 Å². The van der Waals surface area contributed by atoms with E-state index in [-0.39, 0.29) is 0 Å². The lowest BCUT2D eigenvalue weighted by Gasteiger charge is -2.22. The van der Waals surface area contributed by atoms with Crippen molar-refractivity contribution in [1.29, 1.82) is 0 Å². The molecule has 0 radical (unpaired) electrons. The van der Waals surface area contributed by atoms with Crippen LogP contribution in [0.15, 0.2) is 18.2 Å². The molecule has 1 heterocycles. The molecule has 0 aromatic heterocycles. The van der Waals surface area contributed by atoms with Crippen molar-refractivity contribution >= 4 is 0 Å². The van der Waals surface area contributed by atoms with Crippen LogP contribution in [0.3, 0.4) is 0 Å². The Balaban J connectivity index is 2.31. The molecule has 2 N–H and O–H groups in total. The van der Waals surface area contributed by atoms with Gasteiger partial charge in [0.05, 0.1) is 12.7 Å². The van der Waals surface area contributed by atoms with Crippen molar-refractivity contribution < 1.29 is 9.84 Å². The van der Waals surface area contributed by atoms with Gasteiger partial charge in [0.1, 0.15) is 5.75 Å². The molecule has 0 amide bonds. The zero-order valence-electron chi connectivity index (χ0n) is 8.29. The number of hydrogen-bond acceptors (Lipinski definition) is 3. The quantitative estimate of drug-likeness (QED) is 0.742. The summed E-state index contributed by atoms with van der Waals surface area (Å²) in [6.07, 6.45) is -0.404. The predicted octanol–water partition coefficient (Wildman–Crippen LogP) is 1.22. The van der Waals surface area contributed by atoms with Crippen LogP contribution in [0.4, 0.5) is 0 Å². The minimum atomic E-state index is -0.404. The van der Waals surface area contributed by atoms with Crippen LogP contribution in [0.5, 0.6) is 5.75 Å². The topological polar surface area (TPSA) is 41.5 Å². The average molecular weight is 193 g/mol. The number of rotatable bonds is 2. The van der Waals surface area contributed by atoms with Crippen LogP contribution in [0.1, 0.15) is 24.2 Å². The fraction of sp³-hybridized carbons (Fsp3) is 0.455. The first kappa shape index (κ1) is 9.49. The highest BCUT2D eigenvalue weighted by Crippen LogP contribution is 2.26. The van der Waals surface area contributed by atoms with Crippen LogP contribution in [0.25, 0.3) is 0 Å². The molecule has 0 saturated heterocycles. The highest BCUT2D eigenvalue weighted by atomic mass is 16.5. The largest absolute Gasteiger partial charge is 0.494 e. The van der Waals surface area contributed by atoms with E-state index in [2.05, 4.69) is 5.32 Å². The van der Waals surface area contributed by atoms with Crippen molar-refractivity contribution in [2.75, 3.05) is 13.2 Å². The van der Waals surface area contributed by atoms with Gasteiger partial charge in [0, 0.05) is 13.1 Å². The Bertz CT molecular complexity index is 325. The maximum Gasteiger partial charge on any atom is 0.119 e. The molecule has 1 unspecified atom stereocenters. The Morgan fingerprint density at radius 3 is 3.21 bits per heavy atom. The SMILES string of the molecule is CCOc1ccc2c(c1)C(O)CNC2. The van der Waals surface area contributed by atoms with Crippen LogP contribution in [-0.4, -0.2) is 18.3 Å². The van der Waals surface area contributed by atoms with Crippen molar-refractivity contribution in [1.82, 2.24) is 5.32 Å². The number of aliphatic hydroxyl groups is 1. The summed E-state index contributed by atoms with van der Waals surface area (Å²) in [6, 6.07) is 5.89. The van der Waals surface area contributed by atoms with Crippen molar-refractivity contribution in [3.63, 3.8) is 0 Å². The molecular weight excluding hydrogens is 178 g/mol. The van der Waals surface area contributed by atoms with Crippen molar-refractivity contribution in [3.05, 3.63) is 29.3 Å². The summed E-state index contributed by atoms with van der Waals surface area (Å²) in [6.45, 7) is 4.08. The number of nitrogens with one attached hydrogen (secondary N) is 1. The number of fused-ring (bicyclic) bond motifs is 1. The number of benzene rings is 1. The van der Waals surface area contributed by atoms with Gasteiger partial charge in [-0.1, -0.05) is 6.07 Å². The summed E-state index contributed by atoms with van der Waals surface area (Å²) in [5.74, 6) is 0.840. The molecule has 0 spiro atoms. The summed E-state index contributed by atoms with van der Waals surface area (Å²) in [4.78, 5) is 0. The number of aliphatic hydroxyl groups excluding tert-OH is 1. The van der Waals surface area contributed by atoms with E-state index in [9.17, 15) is 5.11 Å². The Hall–Kier alpha value is -1.06. The maximum atomic E-state index is 9.74. The van der Waals surface area contributed by atoms with Gasteiger partial charge in [0.15, 0.2) is 0 Å². The molecule has 14 heavy (non-hydrogen) atoms. The van der Waals surface area contributed by atoms with E-state index in [4.69, 9.17) is 4.74 Å². The average Bonchev–Trinajstić information content (AvgIpc) is 2.20.